The Morgan fingerprint density at radius 1 is 1.32 bits per heavy atom. The van der Waals surface area contributed by atoms with E-state index < -0.39 is 5.97 Å². The zero-order valence-corrected chi connectivity index (χ0v) is 14.5. The highest BCUT2D eigenvalue weighted by Crippen LogP contribution is 2.22. The molecule has 0 N–H and O–H groups in total. The van der Waals surface area contributed by atoms with E-state index in [1.807, 2.05) is 26.0 Å². The van der Waals surface area contributed by atoms with Crippen molar-refractivity contribution in [2.24, 2.45) is 0 Å². The number of esters is 1. The second-order valence-corrected chi connectivity index (χ2v) is 6.43. The summed E-state index contributed by atoms with van der Waals surface area (Å²) in [5.41, 5.74) is 0. The van der Waals surface area contributed by atoms with Gasteiger partial charge < -0.3 is 14.5 Å². The van der Waals surface area contributed by atoms with Crippen LogP contribution in [0.2, 0.25) is 0 Å². The smallest absolute Gasteiger partial charge is 0.303 e. The van der Waals surface area contributed by atoms with E-state index in [1.165, 1.54) is 6.92 Å². The third kappa shape index (κ3) is 3.97. The van der Waals surface area contributed by atoms with E-state index in [1.54, 1.807) is 11.1 Å². The van der Waals surface area contributed by atoms with Gasteiger partial charge in [0.2, 0.25) is 0 Å². The molecule has 22 heavy (non-hydrogen) atoms. The SMILES string of the molecule is CC(=O)OCC(=O)N1[C@H](C)CN(c2ccc(Br)cn2)C[C@@H]1C. The van der Waals surface area contributed by atoms with E-state index in [0.29, 0.717) is 13.1 Å². The van der Waals surface area contributed by atoms with Gasteiger partial charge in [0.15, 0.2) is 6.61 Å². The molecule has 120 valence electrons. The Kier molecular flexibility index (Phi) is 5.39. The zero-order valence-electron chi connectivity index (χ0n) is 13.0. The average molecular weight is 370 g/mol. The molecule has 2 heterocycles. The van der Waals surface area contributed by atoms with Gasteiger partial charge in [0.25, 0.3) is 5.91 Å². The van der Waals surface area contributed by atoms with Crippen LogP contribution in [0.3, 0.4) is 0 Å². The fourth-order valence-electron chi connectivity index (χ4n) is 2.79. The minimum atomic E-state index is -0.439. The monoisotopic (exact) mass is 369 g/mol. The number of piperazine rings is 1. The molecular weight excluding hydrogens is 350 g/mol. The second kappa shape index (κ2) is 7.09. The number of hydrogen-bond donors (Lipinski definition) is 0. The maximum Gasteiger partial charge on any atom is 0.303 e. The van der Waals surface area contributed by atoms with Crippen LogP contribution < -0.4 is 4.90 Å². The van der Waals surface area contributed by atoms with E-state index in [0.717, 1.165) is 10.3 Å². The standard InChI is InChI=1S/C15H20BrN3O3/c1-10-7-18(14-5-4-13(16)6-17-14)8-11(2)19(10)15(21)9-22-12(3)20/h4-6,10-11H,7-9H2,1-3H3/t10-,11+. The molecule has 0 spiro atoms. The fourth-order valence-corrected chi connectivity index (χ4v) is 3.03. The summed E-state index contributed by atoms with van der Waals surface area (Å²) in [6, 6.07) is 3.96. The number of rotatable bonds is 3. The summed E-state index contributed by atoms with van der Waals surface area (Å²) in [7, 11) is 0. The number of carbonyl (C=O) groups excluding carboxylic acids is 2. The first-order chi connectivity index (χ1) is 10.4. The van der Waals surface area contributed by atoms with E-state index >= 15 is 0 Å². The molecule has 0 bridgehead atoms. The van der Waals surface area contributed by atoms with Crippen LogP contribution in [0, 0.1) is 0 Å². The van der Waals surface area contributed by atoms with Crippen LogP contribution in [0.5, 0.6) is 0 Å². The number of nitrogens with zero attached hydrogens (tertiary/aromatic N) is 3. The molecule has 1 fully saturated rings. The quantitative estimate of drug-likeness (QED) is 0.760. The molecule has 1 aromatic heterocycles. The normalized spacial score (nSPS) is 21.6. The summed E-state index contributed by atoms with van der Waals surface area (Å²) < 4.78 is 5.75. The van der Waals surface area contributed by atoms with Gasteiger partial charge in [0.05, 0.1) is 0 Å². The molecule has 1 amide bonds. The van der Waals surface area contributed by atoms with Crippen molar-refractivity contribution in [2.75, 3.05) is 24.6 Å². The van der Waals surface area contributed by atoms with Crippen LogP contribution in [0.15, 0.2) is 22.8 Å². The van der Waals surface area contributed by atoms with Crippen molar-refractivity contribution in [1.82, 2.24) is 9.88 Å². The molecule has 7 heteroatoms. The summed E-state index contributed by atoms with van der Waals surface area (Å²) >= 11 is 3.38. The third-order valence-corrected chi connectivity index (χ3v) is 4.11. The summed E-state index contributed by atoms with van der Waals surface area (Å²) in [6.45, 7) is 6.49. The largest absolute Gasteiger partial charge is 0.456 e. The fraction of sp³-hybridized carbons (Fsp3) is 0.533. The van der Waals surface area contributed by atoms with Crippen LogP contribution in [-0.2, 0) is 14.3 Å². The summed E-state index contributed by atoms with van der Waals surface area (Å²) in [5.74, 6) is 0.305. The highest BCUT2D eigenvalue weighted by Gasteiger charge is 2.33. The van der Waals surface area contributed by atoms with Crippen molar-refractivity contribution < 1.29 is 14.3 Å². The highest BCUT2D eigenvalue weighted by molar-refractivity contribution is 9.10. The number of anilines is 1. The van der Waals surface area contributed by atoms with Crippen molar-refractivity contribution in [3.63, 3.8) is 0 Å². The van der Waals surface area contributed by atoms with Gasteiger partial charge in [-0.1, -0.05) is 0 Å². The lowest BCUT2D eigenvalue weighted by Gasteiger charge is -2.44. The van der Waals surface area contributed by atoms with E-state index in [-0.39, 0.29) is 24.6 Å². The van der Waals surface area contributed by atoms with Crippen LogP contribution in [-0.4, -0.2) is 53.5 Å². The number of carbonyl (C=O) groups is 2. The van der Waals surface area contributed by atoms with Gasteiger partial charge in [-0.2, -0.15) is 0 Å². The average Bonchev–Trinajstić information content (AvgIpc) is 2.45. The predicted octanol–water partition coefficient (Wildman–Crippen LogP) is 1.83. The van der Waals surface area contributed by atoms with Crippen molar-refractivity contribution >= 4 is 33.6 Å². The van der Waals surface area contributed by atoms with Crippen LogP contribution in [0.25, 0.3) is 0 Å². The van der Waals surface area contributed by atoms with Gasteiger partial charge in [-0.05, 0) is 41.9 Å². The molecule has 1 aliphatic rings. The molecule has 0 unspecified atom stereocenters. The number of pyridine rings is 1. The third-order valence-electron chi connectivity index (χ3n) is 3.64. The number of aromatic nitrogens is 1. The molecule has 1 aliphatic heterocycles. The molecule has 0 radical (unpaired) electrons. The topological polar surface area (TPSA) is 62.7 Å². The van der Waals surface area contributed by atoms with Crippen molar-refractivity contribution in [3.05, 3.63) is 22.8 Å². The van der Waals surface area contributed by atoms with Gasteiger partial charge in [0, 0.05) is 42.8 Å². The molecule has 0 saturated carbocycles. The van der Waals surface area contributed by atoms with E-state index in [2.05, 4.69) is 25.8 Å². The lowest BCUT2D eigenvalue weighted by Crippen LogP contribution is -2.59. The highest BCUT2D eigenvalue weighted by atomic mass is 79.9. The lowest BCUT2D eigenvalue weighted by atomic mass is 10.1. The molecule has 0 aromatic carbocycles. The molecule has 2 atom stereocenters. The molecule has 1 aromatic rings. The first-order valence-electron chi connectivity index (χ1n) is 7.19. The van der Waals surface area contributed by atoms with E-state index in [4.69, 9.17) is 4.74 Å². The first kappa shape index (κ1) is 16.7. The molecule has 0 aliphatic carbocycles. The molecule has 1 saturated heterocycles. The maximum absolute atomic E-state index is 12.2. The van der Waals surface area contributed by atoms with Crippen LogP contribution in [0.1, 0.15) is 20.8 Å². The Morgan fingerprint density at radius 2 is 1.95 bits per heavy atom. The molecule has 2 rings (SSSR count). The molecule has 6 nitrogen and oxygen atoms in total. The van der Waals surface area contributed by atoms with E-state index in [9.17, 15) is 9.59 Å². The Bertz CT molecular complexity index is 537. The summed E-state index contributed by atoms with van der Waals surface area (Å²) in [6.07, 6.45) is 1.77. The van der Waals surface area contributed by atoms with Gasteiger partial charge in [-0.25, -0.2) is 4.98 Å². The number of halogens is 1. The lowest BCUT2D eigenvalue weighted by molar-refractivity contribution is -0.152. The van der Waals surface area contributed by atoms with Crippen molar-refractivity contribution in [3.8, 4) is 0 Å². The van der Waals surface area contributed by atoms with Gasteiger partial charge >= 0.3 is 5.97 Å². The van der Waals surface area contributed by atoms with Gasteiger partial charge in [-0.3, -0.25) is 9.59 Å². The van der Waals surface area contributed by atoms with Gasteiger partial charge in [0.1, 0.15) is 5.82 Å². The minimum Gasteiger partial charge on any atom is -0.456 e. The number of ether oxygens (including phenoxy) is 1. The minimum absolute atomic E-state index is 0.0252. The molecular formula is C15H20BrN3O3. The zero-order chi connectivity index (χ0) is 16.3. The van der Waals surface area contributed by atoms with Gasteiger partial charge in [-0.15, -0.1) is 0 Å². The van der Waals surface area contributed by atoms with Crippen LogP contribution >= 0.6 is 15.9 Å². The van der Waals surface area contributed by atoms with Crippen molar-refractivity contribution in [2.45, 2.75) is 32.9 Å². The second-order valence-electron chi connectivity index (χ2n) is 5.52. The Balaban J connectivity index is 2.03. The predicted molar refractivity (Wildman–Crippen MR) is 86.6 cm³/mol. The Hall–Kier alpha value is -1.63. The number of hydrogen-bond acceptors (Lipinski definition) is 5. The van der Waals surface area contributed by atoms with Crippen molar-refractivity contribution in [1.29, 1.82) is 0 Å². The maximum atomic E-state index is 12.2. The first-order valence-corrected chi connectivity index (χ1v) is 7.99. The summed E-state index contributed by atoms with van der Waals surface area (Å²) in [5, 5.41) is 0. The summed E-state index contributed by atoms with van der Waals surface area (Å²) in [4.78, 5) is 31.4. The van der Waals surface area contributed by atoms with Crippen LogP contribution in [0.4, 0.5) is 5.82 Å². The number of amides is 1. The Morgan fingerprint density at radius 3 is 2.45 bits per heavy atom. The Labute approximate surface area is 138 Å².